The minimum Gasteiger partial charge on any atom is -0.481 e. The number of esters is 1. The molecule has 0 aromatic rings. The van der Waals surface area contributed by atoms with Crippen molar-refractivity contribution in [3.05, 3.63) is 11.3 Å². The first-order chi connectivity index (χ1) is 7.83. The lowest BCUT2D eigenvalue weighted by Crippen LogP contribution is -2.16. The van der Waals surface area contributed by atoms with E-state index in [1.807, 2.05) is 0 Å². The maximum Gasteiger partial charge on any atom is 0.337 e. The van der Waals surface area contributed by atoms with Crippen LogP contribution in [0.15, 0.2) is 11.3 Å². The first-order valence-electron chi connectivity index (χ1n) is 5.62. The summed E-state index contributed by atoms with van der Waals surface area (Å²) in [4.78, 5) is 11.5. The molecule has 1 aliphatic rings. The fourth-order valence-corrected chi connectivity index (χ4v) is 1.44. The molecule has 0 amide bonds. The second kappa shape index (κ2) is 5.24. The number of carbonyl (C=O) groups is 1. The standard InChI is InChI=1S/C13H18O4/c1-5-16-12(14)11-8-10(17-9(11)2)6-7-13(3,4)15/h10,15H,5,8H2,1-4H3. The molecule has 0 aromatic heterocycles. The number of allylic oxidation sites excluding steroid dienone is 1. The summed E-state index contributed by atoms with van der Waals surface area (Å²) in [6.45, 7) is 7.02. The van der Waals surface area contributed by atoms with Gasteiger partial charge in [0, 0.05) is 6.42 Å². The van der Waals surface area contributed by atoms with Gasteiger partial charge in [-0.1, -0.05) is 11.8 Å². The number of hydrogen-bond acceptors (Lipinski definition) is 4. The Labute approximate surface area is 102 Å². The van der Waals surface area contributed by atoms with Crippen molar-refractivity contribution < 1.29 is 19.4 Å². The van der Waals surface area contributed by atoms with Gasteiger partial charge in [-0.25, -0.2) is 4.79 Å². The van der Waals surface area contributed by atoms with Crippen LogP contribution in [0.2, 0.25) is 0 Å². The molecule has 0 spiro atoms. The highest BCUT2D eigenvalue weighted by atomic mass is 16.5. The number of rotatable bonds is 2. The van der Waals surface area contributed by atoms with Crippen LogP contribution in [0.5, 0.6) is 0 Å². The molecule has 0 fully saturated rings. The van der Waals surface area contributed by atoms with Gasteiger partial charge in [0.05, 0.1) is 12.2 Å². The minimum absolute atomic E-state index is 0.343. The van der Waals surface area contributed by atoms with E-state index in [-0.39, 0.29) is 12.1 Å². The second-order valence-corrected chi connectivity index (χ2v) is 4.39. The van der Waals surface area contributed by atoms with E-state index in [4.69, 9.17) is 9.47 Å². The highest BCUT2D eigenvalue weighted by Gasteiger charge is 2.27. The summed E-state index contributed by atoms with van der Waals surface area (Å²) < 4.78 is 10.3. The average Bonchev–Trinajstić information content (AvgIpc) is 2.56. The maximum atomic E-state index is 11.5. The van der Waals surface area contributed by atoms with Gasteiger partial charge < -0.3 is 14.6 Å². The van der Waals surface area contributed by atoms with Crippen molar-refractivity contribution in [2.45, 2.75) is 45.8 Å². The molecule has 1 aliphatic heterocycles. The van der Waals surface area contributed by atoms with Gasteiger partial charge in [-0.15, -0.1) is 0 Å². The van der Waals surface area contributed by atoms with E-state index < -0.39 is 5.60 Å². The van der Waals surface area contributed by atoms with E-state index in [2.05, 4.69) is 11.8 Å². The molecule has 0 aromatic carbocycles. The normalized spacial score (nSPS) is 19.5. The molecule has 0 saturated carbocycles. The smallest absolute Gasteiger partial charge is 0.337 e. The zero-order valence-corrected chi connectivity index (χ0v) is 10.7. The van der Waals surface area contributed by atoms with Crippen LogP contribution in [0.25, 0.3) is 0 Å². The third-order valence-electron chi connectivity index (χ3n) is 2.19. The van der Waals surface area contributed by atoms with E-state index in [9.17, 15) is 9.90 Å². The highest BCUT2D eigenvalue weighted by molar-refractivity contribution is 5.89. The molecule has 0 aliphatic carbocycles. The van der Waals surface area contributed by atoms with Crippen molar-refractivity contribution in [2.24, 2.45) is 0 Å². The van der Waals surface area contributed by atoms with Gasteiger partial charge >= 0.3 is 5.97 Å². The summed E-state index contributed by atoms with van der Waals surface area (Å²) in [5.41, 5.74) is -0.522. The van der Waals surface area contributed by atoms with Crippen LogP contribution in [-0.4, -0.2) is 29.4 Å². The maximum absolute atomic E-state index is 11.5. The van der Waals surface area contributed by atoms with Gasteiger partial charge in [-0.05, 0) is 27.7 Å². The Balaban J connectivity index is 2.66. The first kappa shape index (κ1) is 13.6. The van der Waals surface area contributed by atoms with Crippen molar-refractivity contribution in [3.63, 3.8) is 0 Å². The molecule has 94 valence electrons. The Morgan fingerprint density at radius 3 is 2.82 bits per heavy atom. The Morgan fingerprint density at radius 1 is 1.65 bits per heavy atom. The van der Waals surface area contributed by atoms with Crippen LogP contribution < -0.4 is 0 Å². The summed E-state index contributed by atoms with van der Waals surface area (Å²) >= 11 is 0. The fourth-order valence-electron chi connectivity index (χ4n) is 1.44. The van der Waals surface area contributed by atoms with E-state index in [0.29, 0.717) is 24.4 Å². The summed E-state index contributed by atoms with van der Waals surface area (Å²) in [5, 5.41) is 9.47. The zero-order valence-electron chi connectivity index (χ0n) is 10.7. The molecule has 1 N–H and O–H groups in total. The predicted molar refractivity (Wildman–Crippen MR) is 62.9 cm³/mol. The lowest BCUT2D eigenvalue weighted by molar-refractivity contribution is -0.138. The third kappa shape index (κ3) is 4.12. The van der Waals surface area contributed by atoms with Gasteiger partial charge in [0.2, 0.25) is 0 Å². The number of ether oxygens (including phenoxy) is 2. The molecule has 0 saturated heterocycles. The van der Waals surface area contributed by atoms with Crippen LogP contribution in [0, 0.1) is 11.8 Å². The fraction of sp³-hybridized carbons (Fsp3) is 0.615. The largest absolute Gasteiger partial charge is 0.481 e. The number of hydrogen-bond donors (Lipinski definition) is 1. The molecule has 1 unspecified atom stereocenters. The quantitative estimate of drug-likeness (QED) is 0.583. The van der Waals surface area contributed by atoms with Crippen molar-refractivity contribution in [2.75, 3.05) is 6.61 Å². The number of carbonyl (C=O) groups excluding carboxylic acids is 1. The monoisotopic (exact) mass is 238 g/mol. The summed E-state index contributed by atoms with van der Waals surface area (Å²) in [5.74, 6) is 5.69. The van der Waals surface area contributed by atoms with E-state index in [1.165, 1.54) is 0 Å². The Kier molecular flexibility index (Phi) is 4.19. The lowest BCUT2D eigenvalue weighted by atomic mass is 10.1. The van der Waals surface area contributed by atoms with Crippen LogP contribution in [0.3, 0.4) is 0 Å². The molecule has 1 atom stereocenters. The Bertz CT molecular complexity index is 390. The Morgan fingerprint density at radius 2 is 2.29 bits per heavy atom. The van der Waals surface area contributed by atoms with Gasteiger partial charge in [0.25, 0.3) is 0 Å². The van der Waals surface area contributed by atoms with Gasteiger partial charge in [0.1, 0.15) is 11.4 Å². The van der Waals surface area contributed by atoms with Crippen LogP contribution in [-0.2, 0) is 14.3 Å². The molecule has 1 rings (SSSR count). The van der Waals surface area contributed by atoms with Crippen LogP contribution in [0.4, 0.5) is 0 Å². The second-order valence-electron chi connectivity index (χ2n) is 4.39. The summed E-state index contributed by atoms with van der Waals surface area (Å²) in [7, 11) is 0. The first-order valence-corrected chi connectivity index (χ1v) is 5.62. The summed E-state index contributed by atoms with van der Waals surface area (Å²) in [6, 6.07) is 0. The highest BCUT2D eigenvalue weighted by Crippen LogP contribution is 2.25. The van der Waals surface area contributed by atoms with E-state index in [0.717, 1.165) is 0 Å². The van der Waals surface area contributed by atoms with Crippen molar-refractivity contribution in [1.29, 1.82) is 0 Å². The molecule has 0 bridgehead atoms. The molecule has 0 radical (unpaired) electrons. The SMILES string of the molecule is CCOC(=O)C1=C(C)OC(C#CC(C)(C)O)C1. The average molecular weight is 238 g/mol. The molecule has 17 heavy (non-hydrogen) atoms. The Hall–Kier alpha value is -1.47. The van der Waals surface area contributed by atoms with Gasteiger partial charge in [-0.2, -0.15) is 0 Å². The topological polar surface area (TPSA) is 55.8 Å². The van der Waals surface area contributed by atoms with Crippen molar-refractivity contribution in [1.82, 2.24) is 0 Å². The number of aliphatic hydroxyl groups is 1. The van der Waals surface area contributed by atoms with Crippen LogP contribution in [0.1, 0.15) is 34.1 Å². The van der Waals surface area contributed by atoms with E-state index in [1.54, 1.807) is 27.7 Å². The third-order valence-corrected chi connectivity index (χ3v) is 2.19. The molecular weight excluding hydrogens is 220 g/mol. The van der Waals surface area contributed by atoms with E-state index >= 15 is 0 Å². The molecule has 4 heteroatoms. The lowest BCUT2D eigenvalue weighted by Gasteiger charge is -2.08. The molecule has 4 nitrogen and oxygen atoms in total. The van der Waals surface area contributed by atoms with Crippen molar-refractivity contribution >= 4 is 5.97 Å². The van der Waals surface area contributed by atoms with Gasteiger partial charge in [0.15, 0.2) is 6.10 Å². The summed E-state index contributed by atoms with van der Waals surface area (Å²) in [6.07, 6.45) is 0.0362. The molecular formula is C13H18O4. The zero-order chi connectivity index (χ0) is 13.1. The van der Waals surface area contributed by atoms with Crippen LogP contribution >= 0.6 is 0 Å². The van der Waals surface area contributed by atoms with Gasteiger partial charge in [-0.3, -0.25) is 0 Å². The van der Waals surface area contributed by atoms with Crippen molar-refractivity contribution in [3.8, 4) is 11.8 Å². The minimum atomic E-state index is -1.05. The predicted octanol–water partition coefficient (Wildman–Crippen LogP) is 1.39. The molecule has 1 heterocycles.